The van der Waals surface area contributed by atoms with Gasteiger partial charge in [0.25, 0.3) is 5.91 Å². The molecule has 1 aromatic heterocycles. The first-order valence-electron chi connectivity index (χ1n) is 6.99. The summed E-state index contributed by atoms with van der Waals surface area (Å²) in [6, 6.07) is 7.36. The van der Waals surface area contributed by atoms with Gasteiger partial charge < -0.3 is 4.98 Å². The zero-order valence-corrected chi connectivity index (χ0v) is 12.6. The molecular formula is C15H18ClN3O2. The van der Waals surface area contributed by atoms with E-state index < -0.39 is 5.91 Å². The third kappa shape index (κ3) is 3.76. The molecule has 0 aliphatic rings. The van der Waals surface area contributed by atoms with Crippen molar-refractivity contribution in [1.29, 1.82) is 0 Å². The van der Waals surface area contributed by atoms with E-state index in [0.717, 1.165) is 30.2 Å². The van der Waals surface area contributed by atoms with Crippen molar-refractivity contribution in [3.8, 4) is 0 Å². The second-order valence-corrected chi connectivity index (χ2v) is 5.20. The maximum absolute atomic E-state index is 12.0. The average molecular weight is 308 g/mol. The van der Waals surface area contributed by atoms with Gasteiger partial charge in [-0.1, -0.05) is 49.6 Å². The summed E-state index contributed by atoms with van der Waals surface area (Å²) in [5.41, 5.74) is 5.79. The Labute approximate surface area is 128 Å². The number of carbonyl (C=O) groups is 2. The van der Waals surface area contributed by atoms with E-state index in [4.69, 9.17) is 11.6 Å². The Morgan fingerprint density at radius 1 is 1.19 bits per heavy atom. The van der Waals surface area contributed by atoms with Gasteiger partial charge >= 0.3 is 0 Å². The number of fused-ring (bicyclic) bond motifs is 1. The van der Waals surface area contributed by atoms with E-state index in [1.54, 1.807) is 0 Å². The van der Waals surface area contributed by atoms with Gasteiger partial charge in [-0.05, 0) is 12.5 Å². The van der Waals surface area contributed by atoms with Gasteiger partial charge in [-0.15, -0.1) is 0 Å². The van der Waals surface area contributed by atoms with Gasteiger partial charge in [-0.2, -0.15) is 0 Å². The van der Waals surface area contributed by atoms with Crippen LogP contribution in [0.25, 0.3) is 10.9 Å². The second-order valence-electron chi connectivity index (χ2n) is 4.82. The molecule has 0 fully saturated rings. The lowest BCUT2D eigenvalue weighted by Gasteiger charge is -2.06. The summed E-state index contributed by atoms with van der Waals surface area (Å²) >= 11 is 6.16. The molecule has 2 amide bonds. The summed E-state index contributed by atoms with van der Waals surface area (Å²) in [5.74, 6) is -0.663. The minimum atomic E-state index is -0.458. The topological polar surface area (TPSA) is 74.0 Å². The molecule has 21 heavy (non-hydrogen) atoms. The zero-order valence-electron chi connectivity index (χ0n) is 11.8. The lowest BCUT2D eigenvalue weighted by atomic mass is 10.2. The maximum atomic E-state index is 12.0. The molecule has 1 heterocycles. The number of para-hydroxylation sites is 1. The molecule has 0 atom stereocenters. The van der Waals surface area contributed by atoms with Crippen molar-refractivity contribution in [3.05, 3.63) is 35.0 Å². The van der Waals surface area contributed by atoms with Gasteiger partial charge in [0.05, 0.1) is 5.02 Å². The molecule has 0 radical (unpaired) electrons. The molecule has 0 unspecified atom stereocenters. The average Bonchev–Trinajstić information content (AvgIpc) is 2.83. The minimum absolute atomic E-state index is 0.205. The number of hydrogen-bond donors (Lipinski definition) is 3. The van der Waals surface area contributed by atoms with Crippen LogP contribution >= 0.6 is 11.6 Å². The first kappa shape index (κ1) is 15.4. The molecule has 2 rings (SSSR count). The van der Waals surface area contributed by atoms with Gasteiger partial charge in [-0.3, -0.25) is 20.4 Å². The molecule has 0 aliphatic heterocycles. The molecule has 0 saturated carbocycles. The molecule has 0 aliphatic carbocycles. The maximum Gasteiger partial charge on any atom is 0.287 e. The molecule has 1 aromatic carbocycles. The van der Waals surface area contributed by atoms with Crippen LogP contribution in [0.15, 0.2) is 24.3 Å². The predicted molar refractivity (Wildman–Crippen MR) is 83.1 cm³/mol. The molecule has 112 valence electrons. The zero-order chi connectivity index (χ0) is 15.2. The summed E-state index contributed by atoms with van der Waals surface area (Å²) in [7, 11) is 0. The van der Waals surface area contributed by atoms with Crippen LogP contribution in [0.1, 0.15) is 43.1 Å². The highest BCUT2D eigenvalue weighted by atomic mass is 35.5. The summed E-state index contributed by atoms with van der Waals surface area (Å²) in [6.45, 7) is 2.07. The van der Waals surface area contributed by atoms with Crippen molar-refractivity contribution in [2.75, 3.05) is 0 Å². The number of aromatic amines is 1. The van der Waals surface area contributed by atoms with Crippen molar-refractivity contribution in [2.24, 2.45) is 0 Å². The van der Waals surface area contributed by atoms with E-state index in [1.807, 2.05) is 24.3 Å². The van der Waals surface area contributed by atoms with Gasteiger partial charge in [0.2, 0.25) is 5.91 Å². The van der Waals surface area contributed by atoms with E-state index in [2.05, 4.69) is 22.8 Å². The second kappa shape index (κ2) is 7.13. The highest BCUT2D eigenvalue weighted by molar-refractivity contribution is 6.38. The number of amides is 2. The number of rotatable bonds is 5. The Morgan fingerprint density at radius 2 is 1.95 bits per heavy atom. The molecular weight excluding hydrogens is 290 g/mol. The lowest BCUT2D eigenvalue weighted by Crippen LogP contribution is -2.41. The normalized spacial score (nSPS) is 10.6. The highest BCUT2D eigenvalue weighted by Crippen LogP contribution is 2.26. The summed E-state index contributed by atoms with van der Waals surface area (Å²) in [5, 5.41) is 1.13. The SMILES string of the molecule is CCCCCC(=O)NNC(=O)c1[nH]c2ccccc2c1Cl. The van der Waals surface area contributed by atoms with Crippen LogP contribution in [0.3, 0.4) is 0 Å². The Balaban J connectivity index is 1.96. The van der Waals surface area contributed by atoms with Crippen molar-refractivity contribution < 1.29 is 9.59 Å². The number of unbranched alkanes of at least 4 members (excludes halogenated alkanes) is 2. The first-order valence-corrected chi connectivity index (χ1v) is 7.36. The molecule has 5 nitrogen and oxygen atoms in total. The summed E-state index contributed by atoms with van der Waals surface area (Å²) in [6.07, 6.45) is 3.25. The van der Waals surface area contributed by atoms with E-state index >= 15 is 0 Å². The van der Waals surface area contributed by atoms with Crippen molar-refractivity contribution in [2.45, 2.75) is 32.6 Å². The number of hydrazine groups is 1. The third-order valence-electron chi connectivity index (χ3n) is 3.19. The Kier molecular flexibility index (Phi) is 5.22. The summed E-state index contributed by atoms with van der Waals surface area (Å²) in [4.78, 5) is 26.5. The smallest absolute Gasteiger partial charge is 0.287 e. The molecule has 3 N–H and O–H groups in total. The van der Waals surface area contributed by atoms with Gasteiger partial charge in [-0.25, -0.2) is 0 Å². The number of H-pyrrole nitrogens is 1. The fourth-order valence-corrected chi connectivity index (χ4v) is 2.35. The molecule has 0 bridgehead atoms. The van der Waals surface area contributed by atoms with Crippen LogP contribution in [0, 0.1) is 0 Å². The first-order chi connectivity index (χ1) is 10.1. The fourth-order valence-electron chi connectivity index (χ4n) is 2.05. The molecule has 0 spiro atoms. The van der Waals surface area contributed by atoms with Crippen molar-refractivity contribution in [3.63, 3.8) is 0 Å². The van der Waals surface area contributed by atoms with Crippen LogP contribution < -0.4 is 10.9 Å². The lowest BCUT2D eigenvalue weighted by molar-refractivity contribution is -0.121. The van der Waals surface area contributed by atoms with Crippen LogP contribution in [0.5, 0.6) is 0 Å². The fraction of sp³-hybridized carbons (Fsp3) is 0.333. The monoisotopic (exact) mass is 307 g/mol. The Hall–Kier alpha value is -2.01. The number of benzene rings is 1. The number of nitrogens with one attached hydrogen (secondary N) is 3. The van der Waals surface area contributed by atoms with Crippen LogP contribution in [-0.2, 0) is 4.79 Å². The Bertz CT molecular complexity index is 651. The highest BCUT2D eigenvalue weighted by Gasteiger charge is 2.16. The van der Waals surface area contributed by atoms with Crippen molar-refractivity contribution in [1.82, 2.24) is 15.8 Å². The third-order valence-corrected chi connectivity index (χ3v) is 3.59. The number of hydrogen-bond acceptors (Lipinski definition) is 2. The largest absolute Gasteiger partial charge is 0.349 e. The Morgan fingerprint density at radius 3 is 2.67 bits per heavy atom. The molecule has 0 saturated heterocycles. The van der Waals surface area contributed by atoms with Crippen LogP contribution in [0.4, 0.5) is 0 Å². The van der Waals surface area contributed by atoms with Gasteiger partial charge in [0.1, 0.15) is 5.69 Å². The predicted octanol–water partition coefficient (Wildman–Crippen LogP) is 3.16. The van der Waals surface area contributed by atoms with E-state index in [9.17, 15) is 9.59 Å². The summed E-state index contributed by atoms with van der Waals surface area (Å²) < 4.78 is 0. The number of aromatic nitrogens is 1. The molecule has 2 aromatic rings. The number of halogens is 1. The molecule has 6 heteroatoms. The quantitative estimate of drug-likeness (QED) is 0.586. The number of carbonyl (C=O) groups excluding carboxylic acids is 2. The van der Waals surface area contributed by atoms with Crippen LogP contribution in [0.2, 0.25) is 5.02 Å². The van der Waals surface area contributed by atoms with Crippen molar-refractivity contribution >= 4 is 34.3 Å². The minimum Gasteiger partial charge on any atom is -0.349 e. The van der Waals surface area contributed by atoms with E-state index in [1.165, 1.54) is 0 Å². The van der Waals surface area contributed by atoms with E-state index in [0.29, 0.717) is 11.4 Å². The standard InChI is InChI=1S/C15H18ClN3O2/c1-2-3-4-9-12(20)18-19-15(21)14-13(16)10-7-5-6-8-11(10)17-14/h5-8,17H,2-4,9H2,1H3,(H,18,20)(H,19,21). The van der Waals surface area contributed by atoms with Gasteiger partial charge in [0.15, 0.2) is 0 Å². The van der Waals surface area contributed by atoms with Gasteiger partial charge in [0, 0.05) is 17.3 Å². The van der Waals surface area contributed by atoms with Crippen LogP contribution in [-0.4, -0.2) is 16.8 Å². The van der Waals surface area contributed by atoms with E-state index in [-0.39, 0.29) is 11.6 Å².